The van der Waals surface area contributed by atoms with Crippen LogP contribution in [-0.2, 0) is 14.6 Å². The fourth-order valence-electron chi connectivity index (χ4n) is 2.11. The molecular weight excluding hydrogens is 421 g/mol. The molecule has 0 aliphatic heterocycles. The number of sulfone groups is 1. The highest BCUT2D eigenvalue weighted by Gasteiger charge is 2.25. The van der Waals surface area contributed by atoms with Crippen molar-refractivity contribution in [3.8, 4) is 0 Å². The summed E-state index contributed by atoms with van der Waals surface area (Å²) in [6.07, 6.45) is 0.807. The number of nitro benzene ring substituents is 1. The van der Waals surface area contributed by atoms with Gasteiger partial charge in [-0.1, -0.05) is 23.2 Å². The Labute approximate surface area is 163 Å². The van der Waals surface area contributed by atoms with Gasteiger partial charge in [-0.25, -0.2) is 13.2 Å². The topological polar surface area (TPSA) is 121 Å². The SMILES string of the molecule is CS(=O)(=O)c1ccc(C(=O)OCC(=O)c2ccc(Cl)cc2Cl)cc1[N+](=O)[O-]. The molecule has 0 saturated heterocycles. The average Bonchev–Trinajstić information content (AvgIpc) is 2.58. The third kappa shape index (κ3) is 5.03. The highest BCUT2D eigenvalue weighted by Crippen LogP contribution is 2.25. The van der Waals surface area contributed by atoms with E-state index in [-0.39, 0.29) is 16.1 Å². The van der Waals surface area contributed by atoms with E-state index in [2.05, 4.69) is 0 Å². The van der Waals surface area contributed by atoms with Gasteiger partial charge < -0.3 is 4.74 Å². The first-order valence-corrected chi connectivity index (χ1v) is 9.79. The molecule has 2 aromatic rings. The maximum atomic E-state index is 12.1. The molecule has 0 saturated carbocycles. The lowest BCUT2D eigenvalue weighted by Crippen LogP contribution is -2.15. The smallest absolute Gasteiger partial charge is 0.338 e. The van der Waals surface area contributed by atoms with E-state index in [0.29, 0.717) is 5.02 Å². The molecule has 0 atom stereocenters. The Morgan fingerprint density at radius 3 is 2.37 bits per heavy atom. The molecule has 2 aromatic carbocycles. The van der Waals surface area contributed by atoms with Gasteiger partial charge >= 0.3 is 5.97 Å². The molecule has 0 radical (unpaired) electrons. The minimum atomic E-state index is -3.86. The summed E-state index contributed by atoms with van der Waals surface area (Å²) in [5, 5.41) is 11.5. The van der Waals surface area contributed by atoms with Crippen molar-refractivity contribution in [2.24, 2.45) is 0 Å². The first kappa shape index (κ1) is 20.8. The number of rotatable bonds is 6. The molecule has 2 rings (SSSR count). The number of nitro groups is 1. The summed E-state index contributed by atoms with van der Waals surface area (Å²) in [7, 11) is -3.86. The van der Waals surface area contributed by atoms with Gasteiger partial charge in [-0.3, -0.25) is 14.9 Å². The third-order valence-electron chi connectivity index (χ3n) is 3.36. The van der Waals surface area contributed by atoms with Gasteiger partial charge in [0.1, 0.15) is 4.90 Å². The number of hydrogen-bond acceptors (Lipinski definition) is 7. The monoisotopic (exact) mass is 431 g/mol. The molecule has 0 amide bonds. The van der Waals surface area contributed by atoms with E-state index in [9.17, 15) is 28.1 Å². The van der Waals surface area contributed by atoms with Gasteiger partial charge in [-0.05, 0) is 30.3 Å². The summed E-state index contributed by atoms with van der Waals surface area (Å²) in [6, 6.07) is 6.93. The van der Waals surface area contributed by atoms with E-state index in [1.54, 1.807) is 0 Å². The fourth-order valence-corrected chi connectivity index (χ4v) is 3.45. The van der Waals surface area contributed by atoms with Gasteiger partial charge in [0, 0.05) is 22.9 Å². The predicted octanol–water partition coefficient (Wildman–Crippen LogP) is 3.34. The molecule has 0 aliphatic rings. The minimum absolute atomic E-state index is 0.0803. The number of carbonyl (C=O) groups is 2. The van der Waals surface area contributed by atoms with Crippen molar-refractivity contribution in [1.82, 2.24) is 0 Å². The van der Waals surface area contributed by atoms with Gasteiger partial charge in [0.15, 0.2) is 16.4 Å². The number of halogens is 2. The maximum absolute atomic E-state index is 12.1. The summed E-state index contributed by atoms with van der Waals surface area (Å²) in [6.45, 7) is -0.665. The molecule has 11 heteroatoms. The molecular formula is C16H11Cl2NO7S. The highest BCUT2D eigenvalue weighted by atomic mass is 35.5. The Kier molecular flexibility index (Phi) is 6.19. The van der Waals surface area contributed by atoms with Crippen LogP contribution in [0.2, 0.25) is 10.0 Å². The Morgan fingerprint density at radius 1 is 1.15 bits per heavy atom. The maximum Gasteiger partial charge on any atom is 0.338 e. The number of esters is 1. The van der Waals surface area contributed by atoms with Crippen LogP contribution in [0.5, 0.6) is 0 Å². The number of ketones is 1. The molecule has 0 unspecified atom stereocenters. The zero-order valence-electron chi connectivity index (χ0n) is 13.6. The summed E-state index contributed by atoms with van der Waals surface area (Å²) in [5.41, 5.74) is -0.949. The molecule has 0 aliphatic carbocycles. The van der Waals surface area contributed by atoms with Crippen molar-refractivity contribution < 1.29 is 27.7 Å². The number of carbonyl (C=O) groups excluding carboxylic acids is 2. The molecule has 27 heavy (non-hydrogen) atoms. The second-order valence-electron chi connectivity index (χ2n) is 5.34. The van der Waals surface area contributed by atoms with Crippen molar-refractivity contribution in [2.75, 3.05) is 12.9 Å². The Hall–Kier alpha value is -2.49. The van der Waals surface area contributed by atoms with E-state index >= 15 is 0 Å². The normalized spacial score (nSPS) is 11.1. The van der Waals surface area contributed by atoms with Gasteiger partial charge in [0.25, 0.3) is 5.69 Å². The Morgan fingerprint density at radius 2 is 1.81 bits per heavy atom. The van der Waals surface area contributed by atoms with Gasteiger partial charge in [0.2, 0.25) is 5.78 Å². The minimum Gasteiger partial charge on any atom is -0.454 e. The summed E-state index contributed by atoms with van der Waals surface area (Å²) >= 11 is 11.6. The predicted molar refractivity (Wildman–Crippen MR) is 97.3 cm³/mol. The second kappa shape index (κ2) is 8.03. The van der Waals surface area contributed by atoms with Crippen LogP contribution < -0.4 is 0 Å². The van der Waals surface area contributed by atoms with Gasteiger partial charge in [-0.15, -0.1) is 0 Å². The van der Waals surface area contributed by atoms with Crippen LogP contribution in [0.25, 0.3) is 0 Å². The van der Waals surface area contributed by atoms with Gasteiger partial charge in [-0.2, -0.15) is 0 Å². The molecule has 0 fully saturated rings. The van der Waals surface area contributed by atoms with Crippen LogP contribution in [0.15, 0.2) is 41.3 Å². The lowest BCUT2D eigenvalue weighted by Gasteiger charge is -2.07. The molecule has 0 bridgehead atoms. The van der Waals surface area contributed by atoms with Crippen molar-refractivity contribution >= 4 is 50.5 Å². The van der Waals surface area contributed by atoms with Crippen molar-refractivity contribution in [1.29, 1.82) is 0 Å². The molecule has 0 heterocycles. The standard InChI is InChI=1S/C16H11Cl2NO7S/c1-27(24,25)15-5-2-9(6-13(15)19(22)23)16(21)26-8-14(20)11-4-3-10(17)7-12(11)18/h2-7H,8H2,1H3. The fraction of sp³-hybridized carbons (Fsp3) is 0.125. The van der Waals surface area contributed by atoms with E-state index in [0.717, 1.165) is 24.5 Å². The number of hydrogen-bond donors (Lipinski definition) is 0. The molecule has 8 nitrogen and oxygen atoms in total. The zero-order valence-corrected chi connectivity index (χ0v) is 16.0. The molecule has 142 valence electrons. The van der Waals surface area contributed by atoms with E-state index < -0.39 is 43.7 Å². The van der Waals surface area contributed by atoms with Crippen LogP contribution in [0.1, 0.15) is 20.7 Å². The first-order chi connectivity index (χ1) is 12.5. The highest BCUT2D eigenvalue weighted by molar-refractivity contribution is 7.90. The number of nitrogens with zero attached hydrogens (tertiary/aromatic N) is 1. The number of ether oxygens (including phenoxy) is 1. The van der Waals surface area contributed by atoms with Crippen LogP contribution in [0.4, 0.5) is 5.69 Å². The summed E-state index contributed by atoms with van der Waals surface area (Å²) in [5.74, 6) is -1.64. The van der Waals surface area contributed by atoms with E-state index in [1.165, 1.54) is 18.2 Å². The average molecular weight is 432 g/mol. The van der Waals surface area contributed by atoms with Crippen LogP contribution in [0.3, 0.4) is 0 Å². The van der Waals surface area contributed by atoms with Crippen LogP contribution in [-0.4, -0.2) is 38.0 Å². The lowest BCUT2D eigenvalue weighted by atomic mass is 10.1. The van der Waals surface area contributed by atoms with Crippen LogP contribution in [0, 0.1) is 10.1 Å². The molecule has 0 spiro atoms. The second-order valence-corrected chi connectivity index (χ2v) is 8.16. The summed E-state index contributed by atoms with van der Waals surface area (Å²) in [4.78, 5) is 33.7. The number of Topliss-reactive ketones (excluding diaryl/α,β-unsaturated/α-hetero) is 1. The zero-order chi connectivity index (χ0) is 20.4. The van der Waals surface area contributed by atoms with E-state index in [4.69, 9.17) is 27.9 Å². The van der Waals surface area contributed by atoms with E-state index in [1.807, 2.05) is 0 Å². The first-order valence-electron chi connectivity index (χ1n) is 7.14. The largest absolute Gasteiger partial charge is 0.454 e. The summed E-state index contributed by atoms with van der Waals surface area (Å²) < 4.78 is 28.0. The number of benzene rings is 2. The lowest BCUT2D eigenvalue weighted by molar-refractivity contribution is -0.387. The Bertz CT molecular complexity index is 1050. The van der Waals surface area contributed by atoms with Crippen molar-refractivity contribution in [2.45, 2.75) is 4.90 Å². The van der Waals surface area contributed by atoms with Crippen molar-refractivity contribution in [3.63, 3.8) is 0 Å². The Balaban J connectivity index is 2.20. The van der Waals surface area contributed by atoms with Crippen LogP contribution >= 0.6 is 23.2 Å². The quantitative estimate of drug-likeness (QED) is 0.297. The molecule has 0 N–H and O–H groups in total. The molecule has 0 aromatic heterocycles. The third-order valence-corrected chi connectivity index (χ3v) is 5.05. The van der Waals surface area contributed by atoms with Gasteiger partial charge in [0.05, 0.1) is 15.5 Å². The van der Waals surface area contributed by atoms with Crippen molar-refractivity contribution in [3.05, 3.63) is 67.7 Å².